The van der Waals surface area contributed by atoms with Crippen molar-refractivity contribution >= 4 is 21.6 Å². The third-order valence-electron chi connectivity index (χ3n) is 3.86. The maximum absolute atomic E-state index is 12.3. The second-order valence-corrected chi connectivity index (χ2v) is 7.61. The molecule has 3 rings (SSSR count). The van der Waals surface area contributed by atoms with Crippen molar-refractivity contribution in [1.82, 2.24) is 15.3 Å². The van der Waals surface area contributed by atoms with Crippen molar-refractivity contribution in [3.05, 3.63) is 53.1 Å². The van der Waals surface area contributed by atoms with Gasteiger partial charge in [0.15, 0.2) is 0 Å². The van der Waals surface area contributed by atoms with E-state index < -0.39 is 10.0 Å². The number of amides is 1. The van der Waals surface area contributed by atoms with E-state index in [4.69, 9.17) is 0 Å². The number of fused-ring (bicyclic) bond motifs is 1. The van der Waals surface area contributed by atoms with Crippen molar-refractivity contribution in [2.45, 2.75) is 19.9 Å². The highest BCUT2D eigenvalue weighted by Crippen LogP contribution is 2.30. The smallest absolute Gasteiger partial charge is 0.251 e. The minimum Gasteiger partial charge on any atom is -0.346 e. The molecule has 24 heavy (non-hydrogen) atoms. The highest BCUT2D eigenvalue weighted by Gasteiger charge is 2.26. The molecule has 1 aromatic heterocycles. The molecule has 0 aliphatic carbocycles. The summed E-state index contributed by atoms with van der Waals surface area (Å²) in [5.74, 6) is 0.437. The third-order valence-corrected chi connectivity index (χ3v) is 5.04. The minimum atomic E-state index is -3.28. The normalized spacial score (nSPS) is 13.7. The van der Waals surface area contributed by atoms with Crippen molar-refractivity contribution in [2.24, 2.45) is 0 Å². The largest absolute Gasteiger partial charge is 0.346 e. The lowest BCUT2D eigenvalue weighted by atomic mass is 10.1. The van der Waals surface area contributed by atoms with Crippen LogP contribution in [0.15, 0.2) is 30.5 Å². The summed E-state index contributed by atoms with van der Waals surface area (Å²) >= 11 is 0. The first-order valence-electron chi connectivity index (χ1n) is 7.52. The van der Waals surface area contributed by atoms with Crippen molar-refractivity contribution in [2.75, 3.05) is 17.1 Å². The first-order chi connectivity index (χ1) is 11.3. The summed E-state index contributed by atoms with van der Waals surface area (Å²) < 4.78 is 24.8. The number of hydrogen-bond acceptors (Lipinski definition) is 5. The van der Waals surface area contributed by atoms with E-state index in [2.05, 4.69) is 15.3 Å². The van der Waals surface area contributed by atoms with Crippen LogP contribution in [-0.4, -0.2) is 37.1 Å². The molecule has 0 saturated heterocycles. The fraction of sp³-hybridized carbons (Fsp3) is 0.312. The van der Waals surface area contributed by atoms with Crippen LogP contribution in [0.1, 0.15) is 27.4 Å². The van der Waals surface area contributed by atoms with E-state index >= 15 is 0 Å². The van der Waals surface area contributed by atoms with Crippen LogP contribution in [0.4, 0.5) is 5.69 Å². The molecule has 1 aliphatic rings. The van der Waals surface area contributed by atoms with Crippen LogP contribution in [-0.2, 0) is 23.0 Å². The van der Waals surface area contributed by atoms with E-state index in [1.165, 1.54) is 10.6 Å². The van der Waals surface area contributed by atoms with Gasteiger partial charge in [-0.05, 0) is 43.2 Å². The van der Waals surface area contributed by atoms with Gasteiger partial charge in [-0.3, -0.25) is 9.10 Å². The lowest BCUT2D eigenvalue weighted by Crippen LogP contribution is -2.27. The second kappa shape index (κ2) is 6.20. The molecule has 2 heterocycles. The predicted molar refractivity (Wildman–Crippen MR) is 90.3 cm³/mol. The summed E-state index contributed by atoms with van der Waals surface area (Å²) in [5, 5.41) is 2.81. The number of benzene rings is 1. The Hall–Kier alpha value is -2.48. The first-order valence-corrected chi connectivity index (χ1v) is 9.37. The van der Waals surface area contributed by atoms with E-state index in [-0.39, 0.29) is 5.91 Å². The number of hydrogen-bond donors (Lipinski definition) is 1. The Balaban J connectivity index is 1.73. The summed E-state index contributed by atoms with van der Waals surface area (Å²) in [4.78, 5) is 20.5. The molecule has 0 fully saturated rings. The fourth-order valence-corrected chi connectivity index (χ4v) is 3.69. The Morgan fingerprint density at radius 2 is 2.12 bits per heavy atom. The van der Waals surface area contributed by atoms with Gasteiger partial charge in [0, 0.05) is 18.3 Å². The molecule has 0 radical (unpaired) electrons. The van der Waals surface area contributed by atoms with Gasteiger partial charge in [-0.25, -0.2) is 18.4 Å². The molecule has 0 unspecified atom stereocenters. The number of rotatable bonds is 4. The average Bonchev–Trinajstić information content (AvgIpc) is 2.96. The van der Waals surface area contributed by atoms with Crippen molar-refractivity contribution in [1.29, 1.82) is 0 Å². The van der Waals surface area contributed by atoms with Gasteiger partial charge in [-0.15, -0.1) is 0 Å². The quantitative estimate of drug-likeness (QED) is 0.893. The highest BCUT2D eigenvalue weighted by atomic mass is 32.2. The molecule has 1 N–H and O–H groups in total. The second-order valence-electron chi connectivity index (χ2n) is 5.71. The summed E-state index contributed by atoms with van der Waals surface area (Å²) in [6, 6.07) is 6.83. The molecule has 1 aliphatic heterocycles. The van der Waals surface area contributed by atoms with Crippen molar-refractivity contribution < 1.29 is 13.2 Å². The number of carbonyl (C=O) groups excluding carboxylic acids is 1. The van der Waals surface area contributed by atoms with Crippen LogP contribution < -0.4 is 9.62 Å². The zero-order chi connectivity index (χ0) is 17.3. The van der Waals surface area contributed by atoms with Gasteiger partial charge in [0.25, 0.3) is 5.91 Å². The molecule has 8 heteroatoms. The molecule has 1 amide bonds. The number of nitrogens with one attached hydrogen (secondary N) is 1. The van der Waals surface area contributed by atoms with Crippen LogP contribution in [0.2, 0.25) is 0 Å². The van der Waals surface area contributed by atoms with Gasteiger partial charge in [0.05, 0.1) is 24.2 Å². The zero-order valence-corrected chi connectivity index (χ0v) is 14.3. The monoisotopic (exact) mass is 346 g/mol. The number of sulfonamides is 1. The maximum Gasteiger partial charge on any atom is 0.251 e. The van der Waals surface area contributed by atoms with E-state index in [9.17, 15) is 13.2 Å². The minimum absolute atomic E-state index is 0.216. The molecule has 126 valence electrons. The number of aromatic nitrogens is 2. The number of aryl methyl sites for hydroxylation is 1. The van der Waals surface area contributed by atoms with Gasteiger partial charge in [-0.1, -0.05) is 0 Å². The Morgan fingerprint density at radius 3 is 2.83 bits per heavy atom. The molecule has 0 spiro atoms. The highest BCUT2D eigenvalue weighted by molar-refractivity contribution is 7.92. The standard InChI is InChI=1S/C16H18N4O3S/c1-11-17-7-5-14(19-11)10-18-16(21)13-3-4-15-12(9-13)6-8-20(15)24(2,22)23/h3-5,7,9H,6,8,10H2,1-2H3,(H,18,21). The van der Waals surface area contributed by atoms with Gasteiger partial charge in [-0.2, -0.15) is 0 Å². The van der Waals surface area contributed by atoms with Gasteiger partial charge < -0.3 is 5.32 Å². The molecular formula is C16H18N4O3S. The maximum atomic E-state index is 12.3. The molecule has 1 aromatic carbocycles. The number of carbonyl (C=O) groups is 1. The van der Waals surface area contributed by atoms with E-state index in [1.807, 2.05) is 0 Å². The van der Waals surface area contributed by atoms with E-state index in [0.717, 1.165) is 11.3 Å². The molecular weight excluding hydrogens is 328 g/mol. The molecule has 0 atom stereocenters. The van der Waals surface area contributed by atoms with Gasteiger partial charge >= 0.3 is 0 Å². The summed E-state index contributed by atoms with van der Waals surface area (Å²) in [6.07, 6.45) is 3.44. The lowest BCUT2D eigenvalue weighted by Gasteiger charge is -2.16. The first kappa shape index (κ1) is 16.4. The molecule has 0 saturated carbocycles. The molecule has 7 nitrogen and oxygen atoms in total. The number of nitrogens with zero attached hydrogens (tertiary/aromatic N) is 3. The summed E-state index contributed by atoms with van der Waals surface area (Å²) in [5.41, 5.74) is 2.77. The number of anilines is 1. The van der Waals surface area contributed by atoms with Crippen molar-refractivity contribution in [3.8, 4) is 0 Å². The third kappa shape index (κ3) is 3.38. The Kier molecular flexibility index (Phi) is 4.23. The molecule has 0 bridgehead atoms. The lowest BCUT2D eigenvalue weighted by molar-refractivity contribution is 0.0950. The van der Waals surface area contributed by atoms with Crippen molar-refractivity contribution in [3.63, 3.8) is 0 Å². The Bertz CT molecular complexity index is 896. The zero-order valence-electron chi connectivity index (χ0n) is 13.5. The van der Waals surface area contributed by atoms with E-state index in [0.29, 0.717) is 36.6 Å². The van der Waals surface area contributed by atoms with Crippen LogP contribution in [0.25, 0.3) is 0 Å². The SMILES string of the molecule is Cc1nccc(CNC(=O)c2ccc3c(c2)CCN3S(C)(=O)=O)n1. The average molecular weight is 346 g/mol. The van der Waals surface area contributed by atoms with Crippen LogP contribution >= 0.6 is 0 Å². The van der Waals surface area contributed by atoms with Crippen LogP contribution in [0.5, 0.6) is 0 Å². The Labute approximate surface area is 140 Å². The predicted octanol–water partition coefficient (Wildman–Crippen LogP) is 1.04. The molecule has 2 aromatic rings. The van der Waals surface area contributed by atoms with E-state index in [1.54, 1.807) is 37.4 Å². The summed E-state index contributed by atoms with van der Waals surface area (Å²) in [6.45, 7) is 2.52. The summed E-state index contributed by atoms with van der Waals surface area (Å²) in [7, 11) is -3.28. The van der Waals surface area contributed by atoms with Gasteiger partial charge in [0.1, 0.15) is 5.82 Å². The van der Waals surface area contributed by atoms with Crippen LogP contribution in [0.3, 0.4) is 0 Å². The Morgan fingerprint density at radius 1 is 1.33 bits per heavy atom. The van der Waals surface area contributed by atoms with Gasteiger partial charge in [0.2, 0.25) is 10.0 Å². The van der Waals surface area contributed by atoms with Crippen LogP contribution in [0, 0.1) is 6.92 Å². The fourth-order valence-electron chi connectivity index (χ4n) is 2.73. The topological polar surface area (TPSA) is 92.3 Å².